The number of anilines is 1. The summed E-state index contributed by atoms with van der Waals surface area (Å²) in [6, 6.07) is 16.9. The normalized spacial score (nSPS) is 10.7. The van der Waals surface area contributed by atoms with Gasteiger partial charge >= 0.3 is 0 Å². The largest absolute Gasteiger partial charge is 0.322 e. The van der Waals surface area contributed by atoms with Gasteiger partial charge in [0, 0.05) is 40.9 Å². The van der Waals surface area contributed by atoms with Crippen LogP contribution in [0.1, 0.15) is 10.4 Å². The topological polar surface area (TPSA) is 59.8 Å². The first-order chi connectivity index (χ1) is 11.8. The van der Waals surface area contributed by atoms with Crippen molar-refractivity contribution in [3.63, 3.8) is 0 Å². The first kappa shape index (κ1) is 14.1. The number of amides is 1. The quantitative estimate of drug-likeness (QED) is 0.627. The standard InChI is InChI=1S/C19H14N4O/c24-19(14-3-6-17(7-4-14)23-11-10-20-13-23)22-16-5-8-18-15(12-16)2-1-9-21-18/h1-13H,(H,22,24). The van der Waals surface area contributed by atoms with Gasteiger partial charge in [-0.25, -0.2) is 4.98 Å². The Kier molecular flexibility index (Phi) is 3.51. The predicted molar refractivity (Wildman–Crippen MR) is 93.3 cm³/mol. The Morgan fingerprint density at radius 3 is 2.67 bits per heavy atom. The van der Waals surface area contributed by atoms with Crippen LogP contribution >= 0.6 is 0 Å². The zero-order valence-corrected chi connectivity index (χ0v) is 12.8. The van der Waals surface area contributed by atoms with E-state index in [0.29, 0.717) is 5.56 Å². The van der Waals surface area contributed by atoms with Gasteiger partial charge in [0.25, 0.3) is 5.91 Å². The number of benzene rings is 2. The summed E-state index contributed by atoms with van der Waals surface area (Å²) in [6.45, 7) is 0. The molecule has 2 aromatic heterocycles. The number of hydrogen-bond donors (Lipinski definition) is 1. The highest BCUT2D eigenvalue weighted by Gasteiger charge is 2.07. The highest BCUT2D eigenvalue weighted by molar-refractivity contribution is 6.05. The zero-order chi connectivity index (χ0) is 16.4. The summed E-state index contributed by atoms with van der Waals surface area (Å²) in [7, 11) is 0. The van der Waals surface area contributed by atoms with E-state index < -0.39 is 0 Å². The molecule has 2 aromatic carbocycles. The van der Waals surface area contributed by atoms with E-state index in [4.69, 9.17) is 0 Å². The summed E-state index contributed by atoms with van der Waals surface area (Å²) in [5.41, 5.74) is 3.21. The molecule has 0 saturated carbocycles. The van der Waals surface area contributed by atoms with Gasteiger partial charge in [-0.15, -0.1) is 0 Å². The van der Waals surface area contributed by atoms with Crippen molar-refractivity contribution in [1.82, 2.24) is 14.5 Å². The van der Waals surface area contributed by atoms with Crippen LogP contribution in [0.5, 0.6) is 0 Å². The fourth-order valence-corrected chi connectivity index (χ4v) is 2.55. The highest BCUT2D eigenvalue weighted by Crippen LogP contribution is 2.18. The smallest absolute Gasteiger partial charge is 0.255 e. The van der Waals surface area contributed by atoms with E-state index in [-0.39, 0.29) is 5.91 Å². The molecule has 0 aliphatic rings. The molecule has 0 bridgehead atoms. The number of fused-ring (bicyclic) bond motifs is 1. The summed E-state index contributed by atoms with van der Waals surface area (Å²) in [5.74, 6) is -0.143. The van der Waals surface area contributed by atoms with Gasteiger partial charge < -0.3 is 9.88 Å². The average molecular weight is 314 g/mol. The number of carbonyl (C=O) groups excluding carboxylic acids is 1. The van der Waals surface area contributed by atoms with Crippen molar-refractivity contribution in [3.8, 4) is 5.69 Å². The van der Waals surface area contributed by atoms with Gasteiger partial charge in [0.15, 0.2) is 0 Å². The number of nitrogens with one attached hydrogen (secondary N) is 1. The van der Waals surface area contributed by atoms with Gasteiger partial charge in [-0.3, -0.25) is 9.78 Å². The molecule has 5 heteroatoms. The maximum Gasteiger partial charge on any atom is 0.255 e. The van der Waals surface area contributed by atoms with Crippen LogP contribution in [0.4, 0.5) is 5.69 Å². The molecule has 5 nitrogen and oxygen atoms in total. The number of carbonyl (C=O) groups is 1. The second-order valence-electron chi connectivity index (χ2n) is 5.38. The Hall–Kier alpha value is -3.47. The molecule has 116 valence electrons. The number of rotatable bonds is 3. The van der Waals surface area contributed by atoms with Crippen LogP contribution in [0.15, 0.2) is 79.5 Å². The summed E-state index contributed by atoms with van der Waals surface area (Å²) in [5, 5.41) is 3.91. The molecule has 0 aliphatic carbocycles. The van der Waals surface area contributed by atoms with E-state index in [0.717, 1.165) is 22.3 Å². The Balaban J connectivity index is 1.54. The molecule has 0 radical (unpaired) electrons. The van der Waals surface area contributed by atoms with Crippen LogP contribution in [0, 0.1) is 0 Å². The molecule has 4 aromatic rings. The van der Waals surface area contributed by atoms with Gasteiger partial charge in [-0.1, -0.05) is 6.07 Å². The molecule has 0 unspecified atom stereocenters. The second kappa shape index (κ2) is 5.96. The van der Waals surface area contributed by atoms with Gasteiger partial charge in [0.2, 0.25) is 0 Å². The lowest BCUT2D eigenvalue weighted by atomic mass is 10.1. The van der Waals surface area contributed by atoms with Crippen LogP contribution in [-0.4, -0.2) is 20.4 Å². The fraction of sp³-hybridized carbons (Fsp3) is 0. The molecule has 0 atom stereocenters. The molecular weight excluding hydrogens is 300 g/mol. The lowest BCUT2D eigenvalue weighted by molar-refractivity contribution is 0.102. The maximum absolute atomic E-state index is 12.4. The van der Waals surface area contributed by atoms with E-state index in [1.807, 2.05) is 53.2 Å². The van der Waals surface area contributed by atoms with Crippen molar-refractivity contribution in [3.05, 3.63) is 85.1 Å². The third-order valence-electron chi connectivity index (χ3n) is 3.79. The van der Waals surface area contributed by atoms with Crippen LogP contribution in [-0.2, 0) is 0 Å². The monoisotopic (exact) mass is 314 g/mol. The van der Waals surface area contributed by atoms with Crippen molar-refractivity contribution in [1.29, 1.82) is 0 Å². The minimum atomic E-state index is -0.143. The molecular formula is C19H14N4O. The summed E-state index contributed by atoms with van der Waals surface area (Å²) in [6.07, 6.45) is 7.05. The van der Waals surface area contributed by atoms with Crippen LogP contribution < -0.4 is 5.32 Å². The van der Waals surface area contributed by atoms with Gasteiger partial charge in [0.1, 0.15) is 0 Å². The average Bonchev–Trinajstić information content (AvgIpc) is 3.16. The Labute approximate surface area is 138 Å². The van der Waals surface area contributed by atoms with Gasteiger partial charge in [0.05, 0.1) is 11.8 Å². The predicted octanol–water partition coefficient (Wildman–Crippen LogP) is 3.67. The second-order valence-corrected chi connectivity index (χ2v) is 5.38. The third kappa shape index (κ3) is 2.75. The molecule has 1 amide bonds. The maximum atomic E-state index is 12.4. The minimum absolute atomic E-state index is 0.143. The minimum Gasteiger partial charge on any atom is -0.322 e. The molecule has 2 heterocycles. The SMILES string of the molecule is O=C(Nc1ccc2ncccc2c1)c1ccc(-n2ccnc2)cc1. The highest BCUT2D eigenvalue weighted by atomic mass is 16.1. The van der Waals surface area contributed by atoms with Crippen molar-refractivity contribution >= 4 is 22.5 Å². The lowest BCUT2D eigenvalue weighted by Gasteiger charge is -2.07. The molecule has 4 rings (SSSR count). The Morgan fingerprint density at radius 2 is 1.88 bits per heavy atom. The van der Waals surface area contributed by atoms with E-state index in [1.54, 1.807) is 30.9 Å². The molecule has 0 fully saturated rings. The Bertz CT molecular complexity index is 992. The first-order valence-corrected chi connectivity index (χ1v) is 7.54. The molecule has 24 heavy (non-hydrogen) atoms. The fourth-order valence-electron chi connectivity index (χ4n) is 2.55. The van der Waals surface area contributed by atoms with E-state index in [2.05, 4.69) is 15.3 Å². The van der Waals surface area contributed by atoms with Gasteiger partial charge in [-0.05, 0) is 48.5 Å². The summed E-state index contributed by atoms with van der Waals surface area (Å²) >= 11 is 0. The van der Waals surface area contributed by atoms with Crippen molar-refractivity contribution in [2.24, 2.45) is 0 Å². The van der Waals surface area contributed by atoms with Crippen molar-refractivity contribution < 1.29 is 4.79 Å². The summed E-state index contributed by atoms with van der Waals surface area (Å²) < 4.78 is 1.89. The van der Waals surface area contributed by atoms with E-state index >= 15 is 0 Å². The number of aromatic nitrogens is 3. The zero-order valence-electron chi connectivity index (χ0n) is 12.8. The Morgan fingerprint density at radius 1 is 1.00 bits per heavy atom. The van der Waals surface area contributed by atoms with Crippen LogP contribution in [0.2, 0.25) is 0 Å². The van der Waals surface area contributed by atoms with Gasteiger partial charge in [-0.2, -0.15) is 0 Å². The third-order valence-corrected chi connectivity index (χ3v) is 3.79. The van der Waals surface area contributed by atoms with Crippen molar-refractivity contribution in [2.45, 2.75) is 0 Å². The number of pyridine rings is 1. The summed E-state index contributed by atoms with van der Waals surface area (Å²) in [4.78, 5) is 20.7. The van der Waals surface area contributed by atoms with Crippen LogP contribution in [0.25, 0.3) is 16.6 Å². The molecule has 0 spiro atoms. The van der Waals surface area contributed by atoms with E-state index in [9.17, 15) is 4.79 Å². The van der Waals surface area contributed by atoms with Crippen LogP contribution in [0.3, 0.4) is 0 Å². The molecule has 0 saturated heterocycles. The van der Waals surface area contributed by atoms with E-state index in [1.165, 1.54) is 0 Å². The van der Waals surface area contributed by atoms with Crippen molar-refractivity contribution in [2.75, 3.05) is 5.32 Å². The number of hydrogen-bond acceptors (Lipinski definition) is 3. The number of nitrogens with zero attached hydrogens (tertiary/aromatic N) is 3. The number of imidazole rings is 1. The lowest BCUT2D eigenvalue weighted by Crippen LogP contribution is -2.11. The molecule has 0 aliphatic heterocycles. The molecule has 1 N–H and O–H groups in total. The first-order valence-electron chi connectivity index (χ1n) is 7.54.